The van der Waals surface area contributed by atoms with E-state index >= 15 is 0 Å². The van der Waals surface area contributed by atoms with Crippen LogP contribution in [0.15, 0.2) is 66.8 Å². The number of ether oxygens (including phenoxy) is 5. The molecule has 190 valence electrons. The molecule has 0 amide bonds. The van der Waals surface area contributed by atoms with Crippen LogP contribution in [0.4, 0.5) is 4.79 Å². The molecule has 0 bridgehead atoms. The number of rotatable bonds is 10. The highest BCUT2D eigenvalue weighted by Crippen LogP contribution is 2.31. The smallest absolute Gasteiger partial charge is 0.493 e. The zero-order valence-corrected chi connectivity index (χ0v) is 20.8. The van der Waals surface area contributed by atoms with Gasteiger partial charge in [-0.05, 0) is 61.2 Å². The molecule has 2 aromatic carbocycles. The van der Waals surface area contributed by atoms with Crippen molar-refractivity contribution < 1.29 is 38.1 Å². The van der Waals surface area contributed by atoms with Gasteiger partial charge >= 0.3 is 18.1 Å². The van der Waals surface area contributed by atoms with Crippen LogP contribution in [0.25, 0.3) is 11.1 Å². The maximum atomic E-state index is 11.9. The van der Waals surface area contributed by atoms with Crippen LogP contribution in [0.1, 0.15) is 26.3 Å². The van der Waals surface area contributed by atoms with Crippen LogP contribution in [0.5, 0.6) is 11.5 Å². The van der Waals surface area contributed by atoms with Gasteiger partial charge in [0.15, 0.2) is 0 Å². The van der Waals surface area contributed by atoms with E-state index in [1.165, 1.54) is 0 Å². The number of benzene rings is 2. The van der Waals surface area contributed by atoms with Gasteiger partial charge in [0, 0.05) is 11.1 Å². The van der Waals surface area contributed by atoms with Gasteiger partial charge in [0.05, 0.1) is 0 Å². The number of esters is 2. The fourth-order valence-corrected chi connectivity index (χ4v) is 3.43. The average molecular weight is 495 g/mol. The van der Waals surface area contributed by atoms with Crippen LogP contribution >= 0.6 is 0 Å². The molecule has 0 spiro atoms. The Morgan fingerprint density at radius 2 is 1.53 bits per heavy atom. The van der Waals surface area contributed by atoms with Gasteiger partial charge < -0.3 is 23.7 Å². The third kappa shape index (κ3) is 6.75. The summed E-state index contributed by atoms with van der Waals surface area (Å²) in [5.41, 5.74) is 2.76. The molecule has 1 heterocycles. The molecule has 0 N–H and O–H groups in total. The van der Waals surface area contributed by atoms with Crippen LogP contribution in [0.2, 0.25) is 0 Å². The largest absolute Gasteiger partial charge is 0.508 e. The summed E-state index contributed by atoms with van der Waals surface area (Å²) in [5.74, 6) is 0.0577. The highest BCUT2D eigenvalue weighted by Gasteiger charge is 2.40. The number of cyclic esters (lactones) is 2. The Morgan fingerprint density at radius 1 is 0.917 bits per heavy atom. The van der Waals surface area contributed by atoms with Crippen molar-refractivity contribution in [1.82, 2.24) is 0 Å². The van der Waals surface area contributed by atoms with Crippen LogP contribution in [0, 0.1) is 5.41 Å². The quantitative estimate of drug-likeness (QED) is 0.257. The summed E-state index contributed by atoms with van der Waals surface area (Å²) in [6.07, 6.45) is -0.0238. The lowest BCUT2D eigenvalue weighted by Gasteiger charge is -2.34. The molecule has 0 atom stereocenters. The summed E-state index contributed by atoms with van der Waals surface area (Å²) >= 11 is 0. The second kappa shape index (κ2) is 11.6. The van der Waals surface area contributed by atoms with Gasteiger partial charge in [0.2, 0.25) is 0 Å². The van der Waals surface area contributed by atoms with Crippen LogP contribution in [-0.4, -0.2) is 44.5 Å². The van der Waals surface area contributed by atoms with Crippen molar-refractivity contribution in [3.05, 3.63) is 72.3 Å². The van der Waals surface area contributed by atoms with E-state index in [4.69, 9.17) is 23.7 Å². The summed E-state index contributed by atoms with van der Waals surface area (Å²) in [6.45, 7) is 12.4. The molecular formula is C28H30O8. The molecule has 0 unspecified atom stereocenters. The normalized spacial score (nSPS) is 14.1. The van der Waals surface area contributed by atoms with Gasteiger partial charge in [-0.15, -0.1) is 0 Å². The van der Waals surface area contributed by atoms with Crippen LogP contribution in [-0.2, 0) is 30.2 Å². The van der Waals surface area contributed by atoms with E-state index in [1.807, 2.05) is 43.3 Å². The first-order valence-corrected chi connectivity index (χ1v) is 11.5. The topological polar surface area (TPSA) is 97.4 Å². The predicted octanol–water partition coefficient (Wildman–Crippen LogP) is 5.05. The second-order valence-electron chi connectivity index (χ2n) is 8.84. The van der Waals surface area contributed by atoms with Crippen molar-refractivity contribution in [1.29, 1.82) is 0 Å². The highest BCUT2D eigenvalue weighted by atomic mass is 16.7. The Bertz CT molecular complexity index is 1150. The van der Waals surface area contributed by atoms with Crippen molar-refractivity contribution in [2.75, 3.05) is 26.4 Å². The van der Waals surface area contributed by atoms with Crippen molar-refractivity contribution in [2.45, 2.75) is 27.2 Å². The molecule has 0 aliphatic carbocycles. The lowest BCUT2D eigenvalue weighted by atomic mass is 9.91. The van der Waals surface area contributed by atoms with E-state index < -0.39 is 23.5 Å². The van der Waals surface area contributed by atoms with Gasteiger partial charge in [-0.2, -0.15) is 0 Å². The minimum atomic E-state index is -0.843. The van der Waals surface area contributed by atoms with Crippen molar-refractivity contribution in [2.24, 2.45) is 5.41 Å². The Labute approximate surface area is 210 Å². The molecule has 2 aromatic rings. The lowest BCUT2D eigenvalue weighted by molar-refractivity contribution is -0.151. The first kappa shape index (κ1) is 26.5. The van der Waals surface area contributed by atoms with Gasteiger partial charge in [0.1, 0.15) is 43.3 Å². The third-order valence-corrected chi connectivity index (χ3v) is 5.58. The minimum absolute atomic E-state index is 0.00442. The molecule has 3 rings (SSSR count). The van der Waals surface area contributed by atoms with Crippen molar-refractivity contribution in [3.8, 4) is 22.6 Å². The molecule has 8 nitrogen and oxygen atoms in total. The van der Waals surface area contributed by atoms with E-state index in [2.05, 4.69) is 13.2 Å². The van der Waals surface area contributed by atoms with Crippen LogP contribution < -0.4 is 9.47 Å². The fraction of sp³-hybridized carbons (Fsp3) is 0.321. The Morgan fingerprint density at radius 3 is 2.11 bits per heavy atom. The number of hydrogen-bond acceptors (Lipinski definition) is 8. The van der Waals surface area contributed by atoms with Crippen molar-refractivity contribution >= 4 is 18.1 Å². The summed E-state index contributed by atoms with van der Waals surface area (Å²) in [4.78, 5) is 35.0. The molecular weight excluding hydrogens is 464 g/mol. The maximum absolute atomic E-state index is 11.9. The molecule has 0 saturated carbocycles. The summed E-state index contributed by atoms with van der Waals surface area (Å²) < 4.78 is 26.7. The number of aryl methyl sites for hydroxylation is 1. The molecule has 36 heavy (non-hydrogen) atoms. The Balaban J connectivity index is 1.70. The first-order chi connectivity index (χ1) is 17.1. The monoisotopic (exact) mass is 494 g/mol. The van der Waals surface area contributed by atoms with E-state index in [-0.39, 0.29) is 32.0 Å². The standard InChI is InChI=1S/C28H30O8/c1-6-20-13-23(36-26(30)19(4)5)11-12-24(20)21-7-9-22(10-8-21)32-14-28(15-33-25(29)18(2)3)16-34-27(31)35-17-28/h7-13H,2,4,6,14-17H2,1,3,5H3. The van der Waals surface area contributed by atoms with E-state index in [0.717, 1.165) is 23.1 Å². The third-order valence-electron chi connectivity index (χ3n) is 5.58. The zero-order chi connectivity index (χ0) is 26.3. The lowest BCUT2D eigenvalue weighted by Crippen LogP contribution is -2.47. The van der Waals surface area contributed by atoms with E-state index in [9.17, 15) is 14.4 Å². The Hall–Kier alpha value is -4.07. The molecule has 8 heteroatoms. The molecule has 1 saturated heterocycles. The van der Waals surface area contributed by atoms with Crippen LogP contribution in [0.3, 0.4) is 0 Å². The van der Waals surface area contributed by atoms with Gasteiger partial charge in [-0.3, -0.25) is 0 Å². The maximum Gasteiger partial charge on any atom is 0.508 e. The second-order valence-corrected chi connectivity index (χ2v) is 8.84. The first-order valence-electron chi connectivity index (χ1n) is 11.5. The summed E-state index contributed by atoms with van der Waals surface area (Å²) in [5, 5.41) is 0. The van der Waals surface area contributed by atoms with E-state index in [1.54, 1.807) is 19.9 Å². The molecule has 1 aliphatic heterocycles. The van der Waals surface area contributed by atoms with Gasteiger partial charge in [0.25, 0.3) is 0 Å². The fourth-order valence-electron chi connectivity index (χ4n) is 3.43. The number of carbonyl (C=O) groups is 3. The Kier molecular flexibility index (Phi) is 8.53. The van der Waals surface area contributed by atoms with Gasteiger partial charge in [-0.25, -0.2) is 14.4 Å². The minimum Gasteiger partial charge on any atom is -0.493 e. The zero-order valence-electron chi connectivity index (χ0n) is 20.8. The highest BCUT2D eigenvalue weighted by molar-refractivity contribution is 5.89. The number of hydrogen-bond donors (Lipinski definition) is 0. The summed E-state index contributed by atoms with van der Waals surface area (Å²) in [6, 6.07) is 13.0. The molecule has 0 radical (unpaired) electrons. The molecule has 0 aromatic heterocycles. The average Bonchev–Trinajstić information content (AvgIpc) is 2.87. The van der Waals surface area contributed by atoms with Crippen molar-refractivity contribution in [3.63, 3.8) is 0 Å². The van der Waals surface area contributed by atoms with E-state index in [0.29, 0.717) is 17.1 Å². The SMILES string of the molecule is C=C(C)C(=O)OCC1(COc2ccc(-c3ccc(OC(=O)C(=C)C)cc3CC)cc2)COC(=O)OC1. The van der Waals surface area contributed by atoms with Gasteiger partial charge in [-0.1, -0.05) is 38.3 Å². The predicted molar refractivity (Wildman–Crippen MR) is 133 cm³/mol. The molecule has 1 aliphatic rings. The number of carbonyl (C=O) groups excluding carboxylic acids is 3. The summed E-state index contributed by atoms with van der Waals surface area (Å²) in [7, 11) is 0. The molecule has 1 fully saturated rings.